The van der Waals surface area contributed by atoms with Gasteiger partial charge in [0, 0.05) is 23.5 Å². The molecule has 2 aromatic rings. The number of piperidine rings is 2. The van der Waals surface area contributed by atoms with E-state index >= 15 is 0 Å². The van der Waals surface area contributed by atoms with Gasteiger partial charge in [-0.25, -0.2) is 0 Å². The molecule has 1 aromatic carbocycles. The van der Waals surface area contributed by atoms with Crippen LogP contribution in [0.1, 0.15) is 42.6 Å². The summed E-state index contributed by atoms with van der Waals surface area (Å²) in [5.74, 6) is 1.35. The molecule has 0 unspecified atom stereocenters. The number of nitrogens with one attached hydrogen (secondary N) is 2. The second-order valence-electron chi connectivity index (χ2n) is 7.32. The maximum atomic E-state index is 12.6. The minimum atomic E-state index is -0.0221. The number of aromatic nitrogens is 1. The van der Waals surface area contributed by atoms with E-state index in [0.29, 0.717) is 17.7 Å². The summed E-state index contributed by atoms with van der Waals surface area (Å²) in [7, 11) is 1.65. The van der Waals surface area contributed by atoms with Crippen molar-refractivity contribution in [3.05, 3.63) is 30.0 Å². The van der Waals surface area contributed by atoms with Crippen molar-refractivity contribution in [1.82, 2.24) is 15.2 Å². The summed E-state index contributed by atoms with van der Waals surface area (Å²) in [6.45, 7) is 3.24. The number of nitrogens with zero attached hydrogens (tertiary/aromatic N) is 1. The molecule has 2 N–H and O–H groups in total. The average molecular weight is 341 g/mol. The van der Waals surface area contributed by atoms with E-state index < -0.39 is 0 Å². The van der Waals surface area contributed by atoms with E-state index in [0.717, 1.165) is 23.2 Å². The molecule has 0 spiro atoms. The molecule has 2 aliphatic heterocycles. The highest BCUT2D eigenvalue weighted by atomic mass is 16.5. The third-order valence-corrected chi connectivity index (χ3v) is 5.84. The molecule has 1 amide bonds. The summed E-state index contributed by atoms with van der Waals surface area (Å²) >= 11 is 0. The summed E-state index contributed by atoms with van der Waals surface area (Å²) in [6, 6.07) is 8.36. The molecule has 5 heteroatoms. The van der Waals surface area contributed by atoms with Crippen molar-refractivity contribution in [1.29, 1.82) is 0 Å². The fourth-order valence-corrected chi connectivity index (χ4v) is 4.56. The Bertz CT molecular complexity index is 752. The van der Waals surface area contributed by atoms with Crippen molar-refractivity contribution in [2.45, 2.75) is 38.1 Å². The van der Waals surface area contributed by atoms with Gasteiger partial charge in [0.25, 0.3) is 5.91 Å². The van der Waals surface area contributed by atoms with Crippen LogP contribution in [0, 0.1) is 5.92 Å². The predicted molar refractivity (Wildman–Crippen MR) is 99.1 cm³/mol. The number of carbonyl (C=O) groups excluding carboxylic acids is 1. The van der Waals surface area contributed by atoms with Gasteiger partial charge in [-0.05, 0) is 62.9 Å². The molecule has 25 heavy (non-hydrogen) atoms. The zero-order valence-corrected chi connectivity index (χ0v) is 14.9. The Morgan fingerprint density at radius 1 is 1.28 bits per heavy atom. The maximum Gasteiger partial charge on any atom is 0.267 e. The highest BCUT2D eigenvalue weighted by Gasteiger charge is 2.33. The van der Waals surface area contributed by atoms with Crippen LogP contribution < -0.4 is 10.1 Å². The standard InChI is InChI=1S/C20H27N3O2/c1-25-19-9-4-7-16-15(19)12-17(22-16)20(24)21-13-14-6-5-11-23-10-3-2-8-18(14)23/h4,7,9,12,14,18,22H,2-3,5-6,8,10-11,13H2,1H3,(H,21,24)/t14-,18-/m0/s1. The monoisotopic (exact) mass is 341 g/mol. The number of methoxy groups -OCH3 is 1. The number of benzene rings is 1. The summed E-state index contributed by atoms with van der Waals surface area (Å²) in [5, 5.41) is 4.11. The fourth-order valence-electron chi connectivity index (χ4n) is 4.56. The van der Waals surface area contributed by atoms with Gasteiger partial charge in [0.15, 0.2) is 0 Å². The first-order valence-corrected chi connectivity index (χ1v) is 9.44. The van der Waals surface area contributed by atoms with Crippen molar-refractivity contribution < 1.29 is 9.53 Å². The number of hydrogen-bond donors (Lipinski definition) is 2. The minimum absolute atomic E-state index is 0.0221. The zero-order valence-electron chi connectivity index (χ0n) is 14.9. The average Bonchev–Trinajstić information content (AvgIpc) is 3.10. The highest BCUT2D eigenvalue weighted by Crippen LogP contribution is 2.30. The first-order chi connectivity index (χ1) is 12.3. The van der Waals surface area contributed by atoms with Crippen LogP contribution in [0.25, 0.3) is 10.9 Å². The first-order valence-electron chi connectivity index (χ1n) is 9.44. The van der Waals surface area contributed by atoms with E-state index in [1.54, 1.807) is 7.11 Å². The number of H-pyrrole nitrogens is 1. The number of ether oxygens (including phenoxy) is 1. The Morgan fingerprint density at radius 3 is 3.04 bits per heavy atom. The van der Waals surface area contributed by atoms with Crippen molar-refractivity contribution in [2.75, 3.05) is 26.7 Å². The Balaban J connectivity index is 1.43. The lowest BCUT2D eigenvalue weighted by molar-refractivity contribution is 0.0575. The van der Waals surface area contributed by atoms with Crippen molar-refractivity contribution in [3.8, 4) is 5.75 Å². The van der Waals surface area contributed by atoms with E-state index in [1.807, 2.05) is 24.3 Å². The Labute approximate surface area is 148 Å². The van der Waals surface area contributed by atoms with Gasteiger partial charge in [-0.15, -0.1) is 0 Å². The van der Waals surface area contributed by atoms with Crippen LogP contribution in [0.15, 0.2) is 24.3 Å². The van der Waals surface area contributed by atoms with Gasteiger partial charge in [0.05, 0.1) is 7.11 Å². The van der Waals surface area contributed by atoms with Gasteiger partial charge in [-0.2, -0.15) is 0 Å². The maximum absolute atomic E-state index is 12.6. The number of aromatic amines is 1. The van der Waals surface area contributed by atoms with Gasteiger partial charge in [-0.3, -0.25) is 4.79 Å². The van der Waals surface area contributed by atoms with E-state index in [4.69, 9.17) is 4.74 Å². The van der Waals surface area contributed by atoms with Gasteiger partial charge >= 0.3 is 0 Å². The predicted octanol–water partition coefficient (Wildman–Crippen LogP) is 3.17. The van der Waals surface area contributed by atoms with Crippen LogP contribution in [-0.4, -0.2) is 48.6 Å². The summed E-state index contributed by atoms with van der Waals surface area (Å²) in [5.41, 5.74) is 1.54. The van der Waals surface area contributed by atoms with Gasteiger partial charge < -0.3 is 19.9 Å². The molecule has 5 nitrogen and oxygen atoms in total. The molecule has 2 saturated heterocycles. The third-order valence-electron chi connectivity index (χ3n) is 5.84. The largest absolute Gasteiger partial charge is 0.496 e. The molecular weight excluding hydrogens is 314 g/mol. The topological polar surface area (TPSA) is 57.4 Å². The summed E-state index contributed by atoms with van der Waals surface area (Å²) in [6.07, 6.45) is 6.41. The van der Waals surface area contributed by atoms with Gasteiger partial charge in [0.2, 0.25) is 0 Å². The quantitative estimate of drug-likeness (QED) is 0.898. The molecule has 1 aromatic heterocycles. The SMILES string of the molecule is COc1cccc2[nH]c(C(=O)NC[C@@H]3CCCN4CCCC[C@@H]34)cc12. The van der Waals surface area contributed by atoms with Crippen molar-refractivity contribution in [3.63, 3.8) is 0 Å². The van der Waals surface area contributed by atoms with Crippen LogP contribution in [-0.2, 0) is 0 Å². The normalized spacial score (nSPS) is 24.0. The Morgan fingerprint density at radius 2 is 2.16 bits per heavy atom. The number of hydrogen-bond acceptors (Lipinski definition) is 3. The molecule has 2 aliphatic rings. The molecule has 0 saturated carbocycles. The lowest BCUT2D eigenvalue weighted by Crippen LogP contribution is -2.51. The van der Waals surface area contributed by atoms with Crippen LogP contribution in [0.5, 0.6) is 5.75 Å². The lowest BCUT2D eigenvalue weighted by Gasteiger charge is -2.44. The first kappa shape index (κ1) is 16.5. The van der Waals surface area contributed by atoms with E-state index in [-0.39, 0.29) is 5.91 Å². The molecule has 0 bridgehead atoms. The lowest BCUT2D eigenvalue weighted by atomic mass is 9.83. The number of rotatable bonds is 4. The molecule has 0 aliphatic carbocycles. The van der Waals surface area contributed by atoms with Crippen molar-refractivity contribution in [2.24, 2.45) is 5.92 Å². The molecule has 4 rings (SSSR count). The van der Waals surface area contributed by atoms with Crippen molar-refractivity contribution >= 4 is 16.8 Å². The highest BCUT2D eigenvalue weighted by molar-refractivity contribution is 5.99. The third kappa shape index (κ3) is 3.25. The molecular formula is C20H27N3O2. The van der Waals surface area contributed by atoms with Crippen LogP contribution in [0.2, 0.25) is 0 Å². The zero-order chi connectivity index (χ0) is 17.2. The Hall–Kier alpha value is -2.01. The van der Waals surface area contributed by atoms with Crippen LogP contribution >= 0.6 is 0 Å². The number of amides is 1. The number of fused-ring (bicyclic) bond motifs is 2. The van der Waals surface area contributed by atoms with Gasteiger partial charge in [0.1, 0.15) is 11.4 Å². The Kier molecular flexibility index (Phi) is 4.66. The summed E-state index contributed by atoms with van der Waals surface area (Å²) < 4.78 is 5.38. The van der Waals surface area contributed by atoms with E-state index in [9.17, 15) is 4.79 Å². The fraction of sp³-hybridized carbons (Fsp3) is 0.550. The molecule has 2 atom stereocenters. The molecule has 0 radical (unpaired) electrons. The molecule has 134 valence electrons. The second-order valence-corrected chi connectivity index (χ2v) is 7.32. The van der Waals surface area contributed by atoms with E-state index in [2.05, 4.69) is 15.2 Å². The summed E-state index contributed by atoms with van der Waals surface area (Å²) in [4.78, 5) is 18.5. The minimum Gasteiger partial charge on any atom is -0.496 e. The smallest absolute Gasteiger partial charge is 0.267 e. The van der Waals surface area contributed by atoms with Gasteiger partial charge in [-0.1, -0.05) is 12.5 Å². The second kappa shape index (κ2) is 7.08. The van der Waals surface area contributed by atoms with Crippen LogP contribution in [0.3, 0.4) is 0 Å². The van der Waals surface area contributed by atoms with E-state index in [1.165, 1.54) is 45.2 Å². The van der Waals surface area contributed by atoms with Crippen LogP contribution in [0.4, 0.5) is 0 Å². The molecule has 2 fully saturated rings. The molecule has 3 heterocycles. The number of carbonyl (C=O) groups is 1.